The summed E-state index contributed by atoms with van der Waals surface area (Å²) >= 11 is 6.04. The van der Waals surface area contributed by atoms with Crippen LogP contribution in [0.1, 0.15) is 29.7 Å². The number of pyridine rings is 2. The van der Waals surface area contributed by atoms with Crippen molar-refractivity contribution in [2.45, 2.75) is 19.5 Å². The van der Waals surface area contributed by atoms with Crippen LogP contribution in [0.15, 0.2) is 42.9 Å². The predicted octanol–water partition coefficient (Wildman–Crippen LogP) is 3.74. The average molecular weight is 336 g/mol. The summed E-state index contributed by atoms with van der Waals surface area (Å²) in [6.45, 7) is 2.71. The quantitative estimate of drug-likeness (QED) is 0.772. The lowest BCUT2D eigenvalue weighted by atomic mass is 10.0. The number of benzene rings is 1. The largest absolute Gasteiger partial charge is 0.302 e. The van der Waals surface area contributed by atoms with E-state index >= 15 is 0 Å². The first-order valence-electron chi connectivity index (χ1n) is 7.61. The van der Waals surface area contributed by atoms with E-state index < -0.39 is 0 Å². The van der Waals surface area contributed by atoms with Gasteiger partial charge in [-0.05, 0) is 30.7 Å². The normalized spacial score (nSPS) is 16.2. The van der Waals surface area contributed by atoms with E-state index in [1.54, 1.807) is 18.6 Å². The van der Waals surface area contributed by atoms with Gasteiger partial charge in [0.1, 0.15) is 6.07 Å². The number of aromatic nitrogens is 2. The molecule has 6 heteroatoms. The summed E-state index contributed by atoms with van der Waals surface area (Å²) < 4.78 is 0. The van der Waals surface area contributed by atoms with Crippen LogP contribution in [0.5, 0.6) is 0 Å². The van der Waals surface area contributed by atoms with Gasteiger partial charge in [0.2, 0.25) is 0 Å². The smallest absolute Gasteiger partial charge is 0.101 e. The summed E-state index contributed by atoms with van der Waals surface area (Å²) in [5.74, 6) is 0. The van der Waals surface area contributed by atoms with Crippen LogP contribution in [0.2, 0.25) is 5.02 Å². The molecule has 1 N–H and O–H groups in total. The number of nitrogens with one attached hydrogen (secondary N) is 1. The lowest BCUT2D eigenvalue weighted by molar-refractivity contribution is 0.579. The maximum atomic E-state index is 9.28. The first-order chi connectivity index (χ1) is 11.7. The molecule has 0 amide bonds. The summed E-state index contributed by atoms with van der Waals surface area (Å²) in [6.07, 6.45) is 5.06. The fourth-order valence-corrected chi connectivity index (χ4v) is 3.32. The van der Waals surface area contributed by atoms with Gasteiger partial charge in [0.05, 0.1) is 40.6 Å². The average Bonchev–Trinajstić information content (AvgIpc) is 2.90. The van der Waals surface area contributed by atoms with Gasteiger partial charge in [0.25, 0.3) is 0 Å². The molecule has 3 heterocycles. The summed E-state index contributed by atoms with van der Waals surface area (Å²) in [6, 6.07) is 10.3. The zero-order valence-electron chi connectivity index (χ0n) is 13.0. The highest BCUT2D eigenvalue weighted by atomic mass is 35.5. The Morgan fingerprint density at radius 1 is 1.29 bits per heavy atom. The Hall–Kier alpha value is -2.68. The highest BCUT2D eigenvalue weighted by Crippen LogP contribution is 2.35. The molecule has 5 nitrogen and oxygen atoms in total. The highest BCUT2D eigenvalue weighted by Gasteiger charge is 2.28. The molecule has 1 aliphatic rings. The van der Waals surface area contributed by atoms with Gasteiger partial charge in [0, 0.05) is 23.3 Å². The number of rotatable bonds is 2. The minimum absolute atomic E-state index is 0.0780. The SMILES string of the molecule is CC1NN(Cc2ccc3ncc(Cl)cc3c2)c2cncc(C#N)c21. The Kier molecular flexibility index (Phi) is 3.57. The second kappa shape index (κ2) is 5.75. The van der Waals surface area contributed by atoms with Crippen molar-refractivity contribution < 1.29 is 0 Å². The molecule has 0 saturated heterocycles. The Bertz CT molecular complexity index is 979. The third-order valence-corrected chi connectivity index (χ3v) is 4.42. The van der Waals surface area contributed by atoms with Crippen molar-refractivity contribution in [1.29, 1.82) is 5.26 Å². The molecule has 1 aromatic carbocycles. The van der Waals surface area contributed by atoms with Crippen molar-refractivity contribution in [1.82, 2.24) is 15.4 Å². The van der Waals surface area contributed by atoms with Crippen molar-refractivity contribution in [2.75, 3.05) is 5.01 Å². The van der Waals surface area contributed by atoms with E-state index in [0.29, 0.717) is 17.1 Å². The standard InChI is InChI=1S/C18H14ClN5/c1-11-18-14(6-20)7-21-9-17(18)24(23-11)10-12-2-3-16-13(4-12)5-15(19)8-22-16/h2-5,7-9,11,23H,10H2,1H3. The van der Waals surface area contributed by atoms with Crippen molar-refractivity contribution in [2.24, 2.45) is 0 Å². The first kappa shape index (κ1) is 14.9. The van der Waals surface area contributed by atoms with E-state index in [-0.39, 0.29) is 6.04 Å². The summed E-state index contributed by atoms with van der Waals surface area (Å²) in [5.41, 5.74) is 8.01. The first-order valence-corrected chi connectivity index (χ1v) is 7.99. The molecular formula is C18H14ClN5. The van der Waals surface area contributed by atoms with Gasteiger partial charge >= 0.3 is 0 Å². The number of hydrazine groups is 1. The van der Waals surface area contributed by atoms with Crippen LogP contribution in [0.3, 0.4) is 0 Å². The van der Waals surface area contributed by atoms with E-state index in [1.807, 2.05) is 24.1 Å². The maximum Gasteiger partial charge on any atom is 0.101 e. The number of anilines is 1. The van der Waals surface area contributed by atoms with Crippen LogP contribution in [0, 0.1) is 11.3 Å². The molecule has 1 aliphatic heterocycles. The van der Waals surface area contributed by atoms with Crippen molar-refractivity contribution >= 4 is 28.2 Å². The molecule has 1 atom stereocenters. The van der Waals surface area contributed by atoms with E-state index in [1.165, 1.54) is 0 Å². The number of fused-ring (bicyclic) bond motifs is 2. The fourth-order valence-electron chi connectivity index (χ4n) is 3.15. The van der Waals surface area contributed by atoms with Crippen LogP contribution < -0.4 is 10.4 Å². The lowest BCUT2D eigenvalue weighted by Gasteiger charge is -2.20. The van der Waals surface area contributed by atoms with Gasteiger partial charge in [-0.3, -0.25) is 9.97 Å². The molecule has 1 unspecified atom stereocenters. The molecule has 0 aliphatic carbocycles. The summed E-state index contributed by atoms with van der Waals surface area (Å²) in [7, 11) is 0. The van der Waals surface area contributed by atoms with Gasteiger partial charge < -0.3 is 5.01 Å². The molecule has 0 spiro atoms. The maximum absolute atomic E-state index is 9.28. The Labute approximate surface area is 144 Å². The molecule has 0 saturated carbocycles. The summed E-state index contributed by atoms with van der Waals surface area (Å²) in [5, 5.41) is 13.0. The van der Waals surface area contributed by atoms with Crippen LogP contribution in [-0.2, 0) is 6.54 Å². The zero-order valence-corrected chi connectivity index (χ0v) is 13.7. The van der Waals surface area contributed by atoms with Gasteiger partial charge in [-0.2, -0.15) is 5.26 Å². The topological polar surface area (TPSA) is 64.8 Å². The number of nitriles is 1. The molecule has 0 bridgehead atoms. The molecular weight excluding hydrogens is 322 g/mol. The van der Waals surface area contributed by atoms with Gasteiger partial charge in [-0.15, -0.1) is 0 Å². The number of halogens is 1. The molecule has 4 rings (SSSR count). The minimum Gasteiger partial charge on any atom is -0.302 e. The third-order valence-electron chi connectivity index (χ3n) is 4.21. The van der Waals surface area contributed by atoms with E-state index in [0.717, 1.165) is 27.7 Å². The van der Waals surface area contributed by atoms with E-state index in [4.69, 9.17) is 11.6 Å². The Morgan fingerprint density at radius 3 is 3.00 bits per heavy atom. The molecule has 2 aromatic heterocycles. The van der Waals surface area contributed by atoms with Crippen molar-refractivity contribution in [3.8, 4) is 6.07 Å². The number of nitrogens with zero attached hydrogens (tertiary/aromatic N) is 4. The predicted molar refractivity (Wildman–Crippen MR) is 93.4 cm³/mol. The highest BCUT2D eigenvalue weighted by molar-refractivity contribution is 6.31. The van der Waals surface area contributed by atoms with Crippen LogP contribution in [-0.4, -0.2) is 9.97 Å². The van der Waals surface area contributed by atoms with Crippen molar-refractivity contribution in [3.63, 3.8) is 0 Å². The molecule has 3 aromatic rings. The number of hydrogen-bond donors (Lipinski definition) is 1. The number of hydrogen-bond acceptors (Lipinski definition) is 5. The fraction of sp³-hybridized carbons (Fsp3) is 0.167. The molecule has 0 fully saturated rings. The van der Waals surface area contributed by atoms with E-state index in [2.05, 4.69) is 33.6 Å². The minimum atomic E-state index is 0.0780. The molecule has 24 heavy (non-hydrogen) atoms. The second-order valence-corrected chi connectivity index (χ2v) is 6.29. The Morgan fingerprint density at radius 2 is 2.17 bits per heavy atom. The van der Waals surface area contributed by atoms with E-state index in [9.17, 15) is 5.26 Å². The van der Waals surface area contributed by atoms with Crippen LogP contribution >= 0.6 is 11.6 Å². The van der Waals surface area contributed by atoms with Crippen molar-refractivity contribution in [3.05, 3.63) is 64.6 Å². The van der Waals surface area contributed by atoms with Crippen LogP contribution in [0.4, 0.5) is 5.69 Å². The monoisotopic (exact) mass is 335 g/mol. The summed E-state index contributed by atoms with van der Waals surface area (Å²) in [4.78, 5) is 8.50. The van der Waals surface area contributed by atoms with Gasteiger partial charge in [-0.1, -0.05) is 17.7 Å². The second-order valence-electron chi connectivity index (χ2n) is 5.85. The zero-order chi connectivity index (χ0) is 16.7. The van der Waals surface area contributed by atoms with Crippen LogP contribution in [0.25, 0.3) is 10.9 Å². The van der Waals surface area contributed by atoms with Gasteiger partial charge in [-0.25, -0.2) is 5.43 Å². The molecule has 118 valence electrons. The third kappa shape index (κ3) is 2.46. The molecule has 0 radical (unpaired) electrons. The van der Waals surface area contributed by atoms with Gasteiger partial charge in [0.15, 0.2) is 0 Å². The lowest BCUT2D eigenvalue weighted by Crippen LogP contribution is -2.32. The Balaban J connectivity index is 1.69.